The molecule has 1 N–H and O–H groups in total. The van der Waals surface area contributed by atoms with Crippen LogP contribution in [-0.2, 0) is 11.2 Å². The summed E-state index contributed by atoms with van der Waals surface area (Å²) in [4.78, 5) is 11.1. The molecule has 0 saturated carbocycles. The fourth-order valence-electron chi connectivity index (χ4n) is 1.30. The highest BCUT2D eigenvalue weighted by atomic mass is 16.1. The molecule has 1 atom stereocenters. The van der Waals surface area contributed by atoms with Crippen LogP contribution in [0.2, 0.25) is 0 Å². The smallest absolute Gasteiger partial charge is 0.147 e. The Bertz CT molecular complexity index is 270. The van der Waals surface area contributed by atoms with Gasteiger partial charge in [0.15, 0.2) is 0 Å². The molecule has 1 aromatic carbocycles. The molecule has 0 saturated heterocycles. The van der Waals surface area contributed by atoms with E-state index in [2.05, 4.69) is 5.32 Å². The van der Waals surface area contributed by atoms with Crippen molar-refractivity contribution in [2.45, 2.75) is 60.9 Å². The minimum Gasteiger partial charge on any atom is -0.310 e. The van der Waals surface area contributed by atoms with Gasteiger partial charge in [-0.25, -0.2) is 0 Å². The zero-order chi connectivity index (χ0) is 15.7. The van der Waals surface area contributed by atoms with Crippen LogP contribution < -0.4 is 5.32 Å². The number of hydrogen-bond acceptors (Lipinski definition) is 2. The van der Waals surface area contributed by atoms with E-state index in [1.54, 1.807) is 6.92 Å². The second kappa shape index (κ2) is 19.2. The molecule has 0 aromatic heterocycles. The average molecular weight is 267 g/mol. The standard InChI is InChI=1S/C11H15NO.3C2H6/c1-9(13)11(12-2)8-10-6-4-3-5-7-10;3*1-2/h3-7,11-12H,8H2,1-2H3;3*1-2H3. The van der Waals surface area contributed by atoms with Crippen LogP contribution in [0.1, 0.15) is 54.0 Å². The normalized spacial score (nSPS) is 9.47. The molecule has 112 valence electrons. The molecule has 2 heteroatoms. The van der Waals surface area contributed by atoms with E-state index in [9.17, 15) is 4.79 Å². The first-order chi connectivity index (χ1) is 9.24. The van der Waals surface area contributed by atoms with Crippen LogP contribution in [0.15, 0.2) is 30.3 Å². The van der Waals surface area contributed by atoms with Crippen LogP contribution in [0, 0.1) is 0 Å². The maximum atomic E-state index is 11.1. The fraction of sp³-hybridized carbons (Fsp3) is 0.588. The Morgan fingerprint density at radius 2 is 1.42 bits per heavy atom. The van der Waals surface area contributed by atoms with E-state index < -0.39 is 0 Å². The van der Waals surface area contributed by atoms with Crippen molar-refractivity contribution in [3.8, 4) is 0 Å². The molecule has 2 nitrogen and oxygen atoms in total. The Labute approximate surface area is 120 Å². The van der Waals surface area contributed by atoms with Crippen molar-refractivity contribution in [3.63, 3.8) is 0 Å². The van der Waals surface area contributed by atoms with Crippen LogP contribution in [0.3, 0.4) is 0 Å². The molecular weight excluding hydrogens is 234 g/mol. The summed E-state index contributed by atoms with van der Waals surface area (Å²) in [5.74, 6) is 0.186. The van der Waals surface area contributed by atoms with Gasteiger partial charge in [0.1, 0.15) is 5.78 Å². The van der Waals surface area contributed by atoms with Crippen LogP contribution in [-0.4, -0.2) is 18.9 Å². The monoisotopic (exact) mass is 267 g/mol. The largest absolute Gasteiger partial charge is 0.310 e. The van der Waals surface area contributed by atoms with E-state index in [0.29, 0.717) is 0 Å². The highest BCUT2D eigenvalue weighted by Gasteiger charge is 2.11. The summed E-state index contributed by atoms with van der Waals surface area (Å²) in [6, 6.07) is 9.97. The lowest BCUT2D eigenvalue weighted by atomic mass is 10.0. The first-order valence-electron chi connectivity index (χ1n) is 7.45. The maximum Gasteiger partial charge on any atom is 0.147 e. The van der Waals surface area contributed by atoms with Gasteiger partial charge in [-0.1, -0.05) is 71.9 Å². The predicted octanol–water partition coefficient (Wildman–Crippen LogP) is 4.48. The molecule has 0 spiro atoms. The van der Waals surface area contributed by atoms with Crippen molar-refractivity contribution in [1.82, 2.24) is 5.32 Å². The van der Waals surface area contributed by atoms with Crippen molar-refractivity contribution < 1.29 is 4.79 Å². The number of rotatable bonds is 4. The van der Waals surface area contributed by atoms with E-state index in [0.717, 1.165) is 6.42 Å². The summed E-state index contributed by atoms with van der Waals surface area (Å²) < 4.78 is 0. The summed E-state index contributed by atoms with van der Waals surface area (Å²) in [5.41, 5.74) is 1.19. The van der Waals surface area contributed by atoms with E-state index >= 15 is 0 Å². The van der Waals surface area contributed by atoms with Crippen molar-refractivity contribution in [2.75, 3.05) is 7.05 Å². The minimum atomic E-state index is -0.0533. The van der Waals surface area contributed by atoms with E-state index in [1.165, 1.54) is 5.56 Å². The second-order valence-corrected chi connectivity index (χ2v) is 3.14. The van der Waals surface area contributed by atoms with Crippen molar-refractivity contribution in [1.29, 1.82) is 0 Å². The van der Waals surface area contributed by atoms with Crippen LogP contribution >= 0.6 is 0 Å². The Morgan fingerprint density at radius 1 is 1.00 bits per heavy atom. The van der Waals surface area contributed by atoms with Crippen molar-refractivity contribution in [2.24, 2.45) is 0 Å². The molecule has 0 radical (unpaired) electrons. The first kappa shape index (κ1) is 23.0. The molecule has 0 fully saturated rings. The van der Waals surface area contributed by atoms with Gasteiger partial charge >= 0.3 is 0 Å². The zero-order valence-corrected chi connectivity index (χ0v) is 14.1. The van der Waals surface area contributed by atoms with E-state index in [1.807, 2.05) is 78.9 Å². The summed E-state index contributed by atoms with van der Waals surface area (Å²) in [7, 11) is 1.81. The summed E-state index contributed by atoms with van der Waals surface area (Å²) in [5, 5.41) is 3.00. The molecule has 0 aliphatic heterocycles. The van der Waals surface area contributed by atoms with Crippen molar-refractivity contribution in [3.05, 3.63) is 35.9 Å². The van der Waals surface area contributed by atoms with Gasteiger partial charge in [-0.05, 0) is 26.0 Å². The first-order valence-corrected chi connectivity index (χ1v) is 7.45. The molecule has 19 heavy (non-hydrogen) atoms. The molecule has 0 heterocycles. The number of likely N-dealkylation sites (N-methyl/N-ethyl adjacent to an activating group) is 1. The van der Waals surface area contributed by atoms with Gasteiger partial charge in [0, 0.05) is 0 Å². The van der Waals surface area contributed by atoms with Gasteiger partial charge in [0.05, 0.1) is 6.04 Å². The molecular formula is C17H33NO. The van der Waals surface area contributed by atoms with Crippen LogP contribution in [0.5, 0.6) is 0 Å². The lowest BCUT2D eigenvalue weighted by Gasteiger charge is -2.11. The van der Waals surface area contributed by atoms with E-state index in [-0.39, 0.29) is 11.8 Å². The van der Waals surface area contributed by atoms with Gasteiger partial charge in [0.2, 0.25) is 0 Å². The summed E-state index contributed by atoms with van der Waals surface area (Å²) >= 11 is 0. The quantitative estimate of drug-likeness (QED) is 0.871. The van der Waals surface area contributed by atoms with Gasteiger partial charge in [-0.2, -0.15) is 0 Å². The number of ketones is 1. The molecule has 1 rings (SSSR count). The molecule has 0 aliphatic carbocycles. The fourth-order valence-corrected chi connectivity index (χ4v) is 1.30. The SMILES string of the molecule is CC.CC.CC.CNC(Cc1ccccc1)C(C)=O. The third-order valence-electron chi connectivity index (χ3n) is 2.12. The third kappa shape index (κ3) is 13.1. The summed E-state index contributed by atoms with van der Waals surface area (Å²) in [6.07, 6.45) is 0.771. The Balaban J connectivity index is -0.000000375. The second-order valence-electron chi connectivity index (χ2n) is 3.14. The highest BCUT2D eigenvalue weighted by molar-refractivity contribution is 5.81. The van der Waals surface area contributed by atoms with Gasteiger partial charge < -0.3 is 5.32 Å². The number of nitrogens with one attached hydrogen (secondary N) is 1. The molecule has 0 amide bonds. The topological polar surface area (TPSA) is 29.1 Å². The van der Waals surface area contributed by atoms with E-state index in [4.69, 9.17) is 0 Å². The number of carbonyl (C=O) groups excluding carboxylic acids is 1. The molecule has 1 aromatic rings. The summed E-state index contributed by atoms with van der Waals surface area (Å²) in [6.45, 7) is 13.6. The van der Waals surface area contributed by atoms with Gasteiger partial charge in [0.25, 0.3) is 0 Å². The average Bonchev–Trinajstić information content (AvgIpc) is 2.51. The number of hydrogen-bond donors (Lipinski definition) is 1. The van der Waals surface area contributed by atoms with Crippen LogP contribution in [0.4, 0.5) is 0 Å². The lowest BCUT2D eigenvalue weighted by Crippen LogP contribution is -2.34. The zero-order valence-electron chi connectivity index (χ0n) is 14.1. The maximum absolute atomic E-state index is 11.1. The van der Waals surface area contributed by atoms with Gasteiger partial charge in [-0.3, -0.25) is 4.79 Å². The number of benzene rings is 1. The van der Waals surface area contributed by atoms with Gasteiger partial charge in [-0.15, -0.1) is 0 Å². The molecule has 0 aliphatic rings. The predicted molar refractivity (Wildman–Crippen MR) is 87.7 cm³/mol. The Hall–Kier alpha value is -1.15. The lowest BCUT2D eigenvalue weighted by molar-refractivity contribution is -0.118. The van der Waals surface area contributed by atoms with Crippen LogP contribution in [0.25, 0.3) is 0 Å². The minimum absolute atomic E-state index is 0.0533. The number of carbonyl (C=O) groups is 1. The Kier molecular flexibility index (Phi) is 23.2. The third-order valence-corrected chi connectivity index (χ3v) is 2.12. The number of Topliss-reactive ketones (excluding diaryl/α,β-unsaturated/α-hetero) is 1. The molecule has 0 bridgehead atoms. The Morgan fingerprint density at radius 3 is 1.74 bits per heavy atom. The van der Waals surface area contributed by atoms with Crippen molar-refractivity contribution >= 4 is 5.78 Å². The highest BCUT2D eigenvalue weighted by Crippen LogP contribution is 2.03. The molecule has 1 unspecified atom stereocenters.